The van der Waals surface area contributed by atoms with Crippen molar-refractivity contribution in [3.8, 4) is 11.5 Å². The van der Waals surface area contributed by atoms with Crippen molar-refractivity contribution in [2.75, 3.05) is 18.5 Å². The fourth-order valence-electron chi connectivity index (χ4n) is 2.60. The third kappa shape index (κ3) is 5.72. The monoisotopic (exact) mass is 464 g/mol. The maximum atomic E-state index is 12.2. The summed E-state index contributed by atoms with van der Waals surface area (Å²) >= 11 is 13.6. The molecule has 0 saturated carbocycles. The van der Waals surface area contributed by atoms with E-state index in [2.05, 4.69) is 10.3 Å². The molecule has 0 fully saturated rings. The number of halogens is 2. The van der Waals surface area contributed by atoms with Crippen molar-refractivity contribution in [1.29, 1.82) is 0 Å². The number of hydrogen-bond donors (Lipinski definition) is 1. The highest BCUT2D eigenvalue weighted by atomic mass is 35.5. The Bertz CT molecular complexity index is 1060. The molecule has 1 aromatic heterocycles. The average molecular weight is 465 g/mol. The first-order valence-electron chi connectivity index (χ1n) is 9.02. The number of ether oxygens (including phenoxy) is 2. The second-order valence-corrected chi connectivity index (χ2v) is 8.02. The molecule has 0 atom stereocenters. The minimum atomic E-state index is -0.362. The predicted molar refractivity (Wildman–Crippen MR) is 119 cm³/mol. The van der Waals surface area contributed by atoms with Crippen LogP contribution in [-0.2, 0) is 11.2 Å². The quantitative estimate of drug-likeness (QED) is 0.436. The first-order valence-corrected chi connectivity index (χ1v) is 10.6. The first kappa shape index (κ1) is 22.1. The van der Waals surface area contributed by atoms with Crippen molar-refractivity contribution in [3.63, 3.8) is 0 Å². The van der Waals surface area contributed by atoms with Gasteiger partial charge < -0.3 is 9.47 Å². The van der Waals surface area contributed by atoms with E-state index in [9.17, 15) is 9.59 Å². The summed E-state index contributed by atoms with van der Waals surface area (Å²) in [5.74, 6) is 0.427. The number of nitrogens with zero attached hydrogens (tertiary/aromatic N) is 1. The largest absolute Gasteiger partial charge is 0.490 e. The van der Waals surface area contributed by atoms with Gasteiger partial charge in [0.15, 0.2) is 23.2 Å². The van der Waals surface area contributed by atoms with Crippen molar-refractivity contribution in [3.05, 3.63) is 68.6 Å². The number of aldehydes is 1. The van der Waals surface area contributed by atoms with E-state index in [1.165, 1.54) is 11.3 Å². The van der Waals surface area contributed by atoms with E-state index in [-0.39, 0.29) is 12.5 Å². The molecule has 30 heavy (non-hydrogen) atoms. The lowest BCUT2D eigenvalue weighted by Crippen LogP contribution is -2.20. The zero-order valence-corrected chi connectivity index (χ0v) is 18.3. The number of anilines is 1. The fourth-order valence-corrected chi connectivity index (χ4v) is 3.84. The van der Waals surface area contributed by atoms with E-state index >= 15 is 0 Å². The summed E-state index contributed by atoms with van der Waals surface area (Å²) in [6, 6.07) is 10.2. The zero-order chi connectivity index (χ0) is 21.5. The molecule has 0 unspecified atom stereocenters. The van der Waals surface area contributed by atoms with Crippen molar-refractivity contribution in [2.24, 2.45) is 0 Å². The van der Waals surface area contributed by atoms with Gasteiger partial charge in [-0.2, -0.15) is 0 Å². The van der Waals surface area contributed by atoms with Crippen LogP contribution < -0.4 is 14.8 Å². The van der Waals surface area contributed by atoms with E-state index in [4.69, 9.17) is 32.7 Å². The third-order valence-corrected chi connectivity index (χ3v) is 5.73. The van der Waals surface area contributed by atoms with Crippen molar-refractivity contribution >= 4 is 51.9 Å². The van der Waals surface area contributed by atoms with Crippen LogP contribution in [0.4, 0.5) is 5.13 Å². The van der Waals surface area contributed by atoms with Gasteiger partial charge in [0.25, 0.3) is 5.91 Å². The van der Waals surface area contributed by atoms with Crippen LogP contribution in [0.25, 0.3) is 0 Å². The molecule has 1 heterocycles. The van der Waals surface area contributed by atoms with Crippen molar-refractivity contribution < 1.29 is 19.1 Å². The highest BCUT2D eigenvalue weighted by Crippen LogP contribution is 2.30. The summed E-state index contributed by atoms with van der Waals surface area (Å²) in [6.07, 6.45) is 2.96. The minimum absolute atomic E-state index is 0.227. The summed E-state index contributed by atoms with van der Waals surface area (Å²) in [6.45, 7) is 2.00. The number of aromatic nitrogens is 1. The molecule has 0 saturated heterocycles. The van der Waals surface area contributed by atoms with Crippen LogP contribution in [-0.4, -0.2) is 30.4 Å². The molecule has 2 aromatic carbocycles. The summed E-state index contributed by atoms with van der Waals surface area (Å²) < 4.78 is 11.0. The Labute approximate surface area is 187 Å². The zero-order valence-electron chi connectivity index (χ0n) is 16.0. The Kier molecular flexibility index (Phi) is 7.68. The van der Waals surface area contributed by atoms with Gasteiger partial charge in [-0.3, -0.25) is 14.9 Å². The van der Waals surface area contributed by atoms with Gasteiger partial charge in [-0.25, -0.2) is 4.98 Å². The van der Waals surface area contributed by atoms with E-state index in [1.807, 2.05) is 19.1 Å². The van der Waals surface area contributed by atoms with Gasteiger partial charge in [0.05, 0.1) is 16.7 Å². The molecule has 0 aliphatic heterocycles. The normalized spacial score (nSPS) is 10.5. The lowest BCUT2D eigenvalue weighted by molar-refractivity contribution is -0.118. The predicted octanol–water partition coefficient (Wildman–Crippen LogP) is 5.27. The molecule has 3 aromatic rings. The molecule has 0 aliphatic carbocycles. The fraction of sp³-hybridized carbons (Fsp3) is 0.190. The van der Waals surface area contributed by atoms with Crippen LogP contribution >= 0.6 is 34.5 Å². The summed E-state index contributed by atoms with van der Waals surface area (Å²) in [5.41, 5.74) is 1.35. The Morgan fingerprint density at radius 3 is 2.80 bits per heavy atom. The van der Waals surface area contributed by atoms with E-state index in [0.717, 1.165) is 16.7 Å². The van der Waals surface area contributed by atoms with Crippen LogP contribution in [0.2, 0.25) is 10.0 Å². The molecule has 9 heteroatoms. The second-order valence-electron chi connectivity index (χ2n) is 6.12. The molecule has 0 spiro atoms. The third-order valence-electron chi connectivity index (χ3n) is 3.96. The van der Waals surface area contributed by atoms with E-state index in [1.54, 1.807) is 30.5 Å². The average Bonchev–Trinajstić information content (AvgIpc) is 3.17. The smallest absolute Gasteiger partial charge is 0.264 e. The van der Waals surface area contributed by atoms with Gasteiger partial charge in [0.1, 0.15) is 6.29 Å². The van der Waals surface area contributed by atoms with Gasteiger partial charge in [0.2, 0.25) is 0 Å². The Morgan fingerprint density at radius 1 is 1.20 bits per heavy atom. The van der Waals surface area contributed by atoms with Crippen LogP contribution in [0, 0.1) is 0 Å². The van der Waals surface area contributed by atoms with Crippen LogP contribution in [0.15, 0.2) is 42.6 Å². The van der Waals surface area contributed by atoms with Crippen LogP contribution in [0.3, 0.4) is 0 Å². The number of carbonyl (C=O) groups is 2. The summed E-state index contributed by atoms with van der Waals surface area (Å²) in [5, 5.41) is 4.17. The molecule has 156 valence electrons. The topological polar surface area (TPSA) is 77.5 Å². The number of nitrogens with one attached hydrogen (secondary N) is 1. The van der Waals surface area contributed by atoms with Crippen molar-refractivity contribution in [2.45, 2.75) is 13.3 Å². The number of benzene rings is 2. The molecule has 1 N–H and O–H groups in total. The van der Waals surface area contributed by atoms with Gasteiger partial charge >= 0.3 is 0 Å². The van der Waals surface area contributed by atoms with Crippen LogP contribution in [0.5, 0.6) is 11.5 Å². The Hall–Kier alpha value is -2.61. The number of thiazole rings is 1. The van der Waals surface area contributed by atoms with E-state index in [0.29, 0.717) is 45.3 Å². The van der Waals surface area contributed by atoms with E-state index < -0.39 is 0 Å². The highest BCUT2D eigenvalue weighted by Gasteiger charge is 2.12. The Balaban J connectivity index is 1.58. The number of rotatable bonds is 9. The molecular formula is C21H18Cl2N2O4S. The molecule has 0 aliphatic rings. The Morgan fingerprint density at radius 2 is 2.03 bits per heavy atom. The summed E-state index contributed by atoms with van der Waals surface area (Å²) in [4.78, 5) is 28.3. The standard InChI is InChI=1S/C21H18Cl2N2O4S/c1-2-28-18-8-13(11-26)6-7-17(18)29-12-19(27)25-21-24-10-15(30-21)9-14-4-3-5-16(22)20(14)23/h3-8,10-11H,2,9,12H2,1H3,(H,24,25,27). The van der Waals surface area contributed by atoms with Gasteiger partial charge in [0, 0.05) is 23.1 Å². The maximum absolute atomic E-state index is 12.2. The SMILES string of the molecule is CCOc1cc(C=O)ccc1OCC(=O)Nc1ncc(Cc2cccc(Cl)c2Cl)s1. The maximum Gasteiger partial charge on any atom is 0.264 e. The first-order chi connectivity index (χ1) is 14.5. The molecule has 6 nitrogen and oxygen atoms in total. The van der Waals surface area contributed by atoms with Gasteiger partial charge in [-0.1, -0.05) is 35.3 Å². The van der Waals surface area contributed by atoms with Crippen LogP contribution in [0.1, 0.15) is 27.7 Å². The highest BCUT2D eigenvalue weighted by molar-refractivity contribution is 7.15. The van der Waals surface area contributed by atoms with Gasteiger partial charge in [-0.15, -0.1) is 11.3 Å². The molecule has 1 amide bonds. The molecule has 3 rings (SSSR count). The molecule has 0 bridgehead atoms. The molecular weight excluding hydrogens is 447 g/mol. The minimum Gasteiger partial charge on any atom is -0.490 e. The lowest BCUT2D eigenvalue weighted by Gasteiger charge is -2.11. The number of amides is 1. The van der Waals surface area contributed by atoms with Crippen molar-refractivity contribution in [1.82, 2.24) is 4.98 Å². The molecule has 0 radical (unpaired) electrons. The second kappa shape index (κ2) is 10.4. The number of carbonyl (C=O) groups excluding carboxylic acids is 2. The van der Waals surface area contributed by atoms with Gasteiger partial charge in [-0.05, 0) is 36.8 Å². The number of hydrogen-bond acceptors (Lipinski definition) is 6. The summed E-state index contributed by atoms with van der Waals surface area (Å²) in [7, 11) is 0. The lowest BCUT2D eigenvalue weighted by atomic mass is 10.1.